The van der Waals surface area contributed by atoms with Crippen LogP contribution in [0.3, 0.4) is 0 Å². The standard InChI is InChI=1S/C27H30N2O5/c30-25(31)15-29(14-17-9-10-17)26(32)18-11-12-19(13-18)28-27(33)34-16-24-22-7-3-1-5-20(22)21-6-2-4-8-23(21)24/h1-8,17-19,24H,9-16H2,(H,28,33)(H,30,31)/t18-,19+/m1/s1. The zero-order valence-electron chi connectivity index (χ0n) is 19.1. The van der Waals surface area contributed by atoms with Crippen LogP contribution in [0.2, 0.25) is 0 Å². The molecule has 7 nitrogen and oxygen atoms in total. The van der Waals surface area contributed by atoms with Crippen LogP contribution >= 0.6 is 0 Å². The Balaban J connectivity index is 1.15. The highest BCUT2D eigenvalue weighted by Crippen LogP contribution is 2.44. The Morgan fingerprint density at radius 2 is 1.59 bits per heavy atom. The van der Waals surface area contributed by atoms with Crippen molar-refractivity contribution in [1.29, 1.82) is 0 Å². The van der Waals surface area contributed by atoms with Crippen LogP contribution in [0.5, 0.6) is 0 Å². The highest BCUT2D eigenvalue weighted by atomic mass is 16.5. The van der Waals surface area contributed by atoms with Gasteiger partial charge in [-0.05, 0) is 60.3 Å². The Kier molecular flexibility index (Phi) is 6.26. The smallest absolute Gasteiger partial charge is 0.407 e. The van der Waals surface area contributed by atoms with E-state index in [1.54, 1.807) is 0 Å². The number of hydrogen-bond donors (Lipinski definition) is 2. The van der Waals surface area contributed by atoms with Crippen molar-refractivity contribution in [3.63, 3.8) is 0 Å². The number of alkyl carbamates (subject to hydrolysis) is 1. The molecule has 0 aliphatic heterocycles. The van der Waals surface area contributed by atoms with Gasteiger partial charge in [-0.25, -0.2) is 4.79 Å². The van der Waals surface area contributed by atoms with Crippen molar-refractivity contribution < 1.29 is 24.2 Å². The quantitative estimate of drug-likeness (QED) is 0.618. The maximum Gasteiger partial charge on any atom is 0.407 e. The summed E-state index contributed by atoms with van der Waals surface area (Å²) >= 11 is 0. The Bertz CT molecular complexity index is 1050. The third kappa shape index (κ3) is 4.79. The molecule has 178 valence electrons. The zero-order chi connectivity index (χ0) is 23.7. The van der Waals surface area contributed by atoms with Gasteiger partial charge in [0.25, 0.3) is 0 Å². The van der Waals surface area contributed by atoms with E-state index in [1.165, 1.54) is 16.0 Å². The first kappa shape index (κ1) is 22.4. The largest absolute Gasteiger partial charge is 0.480 e. The SMILES string of the molecule is O=C(O)CN(CC1CC1)C(=O)[C@@H]1CC[C@H](NC(=O)OCC2c3ccccc3-c3ccccc32)C1. The molecule has 0 heterocycles. The number of benzene rings is 2. The number of aliphatic carboxylic acids is 1. The van der Waals surface area contributed by atoms with Crippen LogP contribution in [0, 0.1) is 11.8 Å². The fourth-order valence-corrected chi connectivity index (χ4v) is 5.41. The minimum absolute atomic E-state index is 0.00283. The Morgan fingerprint density at radius 3 is 2.21 bits per heavy atom. The van der Waals surface area contributed by atoms with Crippen LogP contribution < -0.4 is 5.32 Å². The lowest BCUT2D eigenvalue weighted by molar-refractivity contribution is -0.146. The Hall–Kier alpha value is -3.35. The molecule has 5 rings (SSSR count). The lowest BCUT2D eigenvalue weighted by Crippen LogP contribution is -2.41. The fraction of sp³-hybridized carbons (Fsp3) is 0.444. The van der Waals surface area contributed by atoms with Gasteiger partial charge >= 0.3 is 12.1 Å². The van der Waals surface area contributed by atoms with Crippen molar-refractivity contribution in [2.45, 2.75) is 44.1 Å². The van der Waals surface area contributed by atoms with E-state index < -0.39 is 12.1 Å². The predicted octanol–water partition coefficient (Wildman–Crippen LogP) is 4.02. The molecular formula is C27H30N2O5. The molecule has 2 atom stereocenters. The molecule has 2 fully saturated rings. The molecule has 34 heavy (non-hydrogen) atoms. The second kappa shape index (κ2) is 9.49. The highest BCUT2D eigenvalue weighted by Gasteiger charge is 2.36. The van der Waals surface area contributed by atoms with E-state index in [4.69, 9.17) is 4.74 Å². The van der Waals surface area contributed by atoms with Crippen molar-refractivity contribution in [3.05, 3.63) is 59.7 Å². The summed E-state index contributed by atoms with van der Waals surface area (Å²) in [6.45, 7) is 0.519. The summed E-state index contributed by atoms with van der Waals surface area (Å²) in [6, 6.07) is 16.3. The van der Waals surface area contributed by atoms with Crippen LogP contribution in [-0.4, -0.2) is 53.7 Å². The molecule has 7 heteroatoms. The molecule has 0 aromatic heterocycles. The van der Waals surface area contributed by atoms with Gasteiger partial charge < -0.3 is 20.1 Å². The van der Waals surface area contributed by atoms with E-state index in [0.717, 1.165) is 24.0 Å². The van der Waals surface area contributed by atoms with E-state index in [0.29, 0.717) is 31.7 Å². The summed E-state index contributed by atoms with van der Waals surface area (Å²) in [5.74, 6) is -0.911. The van der Waals surface area contributed by atoms with E-state index in [-0.39, 0.29) is 36.9 Å². The molecule has 0 bridgehead atoms. The summed E-state index contributed by atoms with van der Waals surface area (Å²) in [4.78, 5) is 38.2. The third-order valence-corrected chi connectivity index (χ3v) is 7.26. The second-order valence-electron chi connectivity index (χ2n) is 9.73. The van der Waals surface area contributed by atoms with E-state index in [1.807, 2.05) is 24.3 Å². The minimum Gasteiger partial charge on any atom is -0.480 e. The monoisotopic (exact) mass is 462 g/mol. The Labute approximate surface area is 199 Å². The number of carboxylic acid groups (broad SMARTS) is 1. The van der Waals surface area contributed by atoms with Gasteiger partial charge in [0, 0.05) is 24.4 Å². The van der Waals surface area contributed by atoms with Gasteiger partial charge in [-0.3, -0.25) is 9.59 Å². The van der Waals surface area contributed by atoms with Gasteiger partial charge in [0.1, 0.15) is 13.2 Å². The third-order valence-electron chi connectivity index (χ3n) is 7.26. The summed E-state index contributed by atoms with van der Waals surface area (Å²) in [5.41, 5.74) is 4.69. The van der Waals surface area contributed by atoms with Crippen molar-refractivity contribution in [1.82, 2.24) is 10.2 Å². The summed E-state index contributed by atoms with van der Waals surface area (Å²) in [6.07, 6.45) is 3.49. The molecule has 0 radical (unpaired) electrons. The van der Waals surface area contributed by atoms with Gasteiger partial charge in [0.15, 0.2) is 0 Å². The maximum absolute atomic E-state index is 12.9. The molecule has 2 aromatic rings. The van der Waals surface area contributed by atoms with Crippen LogP contribution in [0.25, 0.3) is 11.1 Å². The highest BCUT2D eigenvalue weighted by molar-refractivity contribution is 5.83. The molecule has 2 amide bonds. The van der Waals surface area contributed by atoms with E-state index in [9.17, 15) is 19.5 Å². The molecular weight excluding hydrogens is 432 g/mol. The number of carboxylic acids is 1. The molecule has 0 unspecified atom stereocenters. The first-order valence-electron chi connectivity index (χ1n) is 12.1. The number of ether oxygens (including phenoxy) is 1. The first-order valence-corrected chi connectivity index (χ1v) is 12.1. The minimum atomic E-state index is -0.986. The summed E-state index contributed by atoms with van der Waals surface area (Å²) in [5, 5.41) is 12.1. The van der Waals surface area contributed by atoms with Gasteiger partial charge in [-0.2, -0.15) is 0 Å². The van der Waals surface area contributed by atoms with Crippen molar-refractivity contribution in [2.75, 3.05) is 19.7 Å². The molecule has 3 aliphatic rings. The van der Waals surface area contributed by atoms with Crippen LogP contribution in [0.1, 0.15) is 49.1 Å². The van der Waals surface area contributed by atoms with Crippen molar-refractivity contribution in [3.8, 4) is 11.1 Å². The number of fused-ring (bicyclic) bond motifs is 3. The van der Waals surface area contributed by atoms with Crippen molar-refractivity contribution in [2.24, 2.45) is 11.8 Å². The number of carbonyl (C=O) groups excluding carboxylic acids is 2. The van der Waals surface area contributed by atoms with Gasteiger partial charge in [-0.15, -0.1) is 0 Å². The zero-order valence-corrected chi connectivity index (χ0v) is 19.1. The van der Waals surface area contributed by atoms with Gasteiger partial charge in [0.05, 0.1) is 0 Å². The predicted molar refractivity (Wildman–Crippen MR) is 126 cm³/mol. The Morgan fingerprint density at radius 1 is 0.941 bits per heavy atom. The van der Waals surface area contributed by atoms with Crippen LogP contribution in [-0.2, 0) is 14.3 Å². The summed E-state index contributed by atoms with van der Waals surface area (Å²) in [7, 11) is 0. The summed E-state index contributed by atoms with van der Waals surface area (Å²) < 4.78 is 5.64. The average Bonchev–Trinajstić information content (AvgIpc) is 3.43. The van der Waals surface area contributed by atoms with Crippen LogP contribution in [0.4, 0.5) is 4.79 Å². The maximum atomic E-state index is 12.9. The van der Waals surface area contributed by atoms with E-state index >= 15 is 0 Å². The number of nitrogens with one attached hydrogen (secondary N) is 1. The number of hydrogen-bond acceptors (Lipinski definition) is 4. The lowest BCUT2D eigenvalue weighted by atomic mass is 9.98. The molecule has 0 saturated heterocycles. The molecule has 2 N–H and O–H groups in total. The number of carbonyl (C=O) groups is 3. The molecule has 3 aliphatic carbocycles. The lowest BCUT2D eigenvalue weighted by Gasteiger charge is -2.24. The van der Waals surface area contributed by atoms with E-state index in [2.05, 4.69) is 29.6 Å². The topological polar surface area (TPSA) is 95.9 Å². The average molecular weight is 463 g/mol. The molecule has 2 aromatic carbocycles. The number of nitrogens with zero attached hydrogens (tertiary/aromatic N) is 1. The molecule has 0 spiro atoms. The fourth-order valence-electron chi connectivity index (χ4n) is 5.41. The number of amides is 2. The van der Waals surface area contributed by atoms with Crippen LogP contribution in [0.15, 0.2) is 48.5 Å². The van der Waals surface area contributed by atoms with Gasteiger partial charge in [0.2, 0.25) is 5.91 Å². The van der Waals surface area contributed by atoms with Crippen molar-refractivity contribution >= 4 is 18.0 Å². The normalized spacial score (nSPS) is 20.9. The first-order chi connectivity index (χ1) is 16.5. The molecule has 2 saturated carbocycles. The number of rotatable bonds is 8. The van der Waals surface area contributed by atoms with Gasteiger partial charge in [-0.1, -0.05) is 48.5 Å². The second-order valence-corrected chi connectivity index (χ2v) is 9.73.